The van der Waals surface area contributed by atoms with E-state index < -0.39 is 10.0 Å². The number of aromatic nitrogens is 2. The molecule has 0 saturated carbocycles. The summed E-state index contributed by atoms with van der Waals surface area (Å²) in [6, 6.07) is 5.10. The van der Waals surface area contributed by atoms with E-state index in [9.17, 15) is 8.42 Å². The Kier molecular flexibility index (Phi) is 4.05. The maximum Gasteiger partial charge on any atom is 0.243 e. The molecule has 1 saturated heterocycles. The molecule has 1 aromatic heterocycles. The Hall–Kier alpha value is -1.90. The Bertz CT molecular complexity index is 866. The third kappa shape index (κ3) is 2.94. The van der Waals surface area contributed by atoms with Crippen molar-refractivity contribution in [3.8, 4) is 5.75 Å². The number of likely N-dealkylation sites (N-methyl/N-ethyl adjacent to an activating group) is 1. The number of rotatable bonds is 3. The van der Waals surface area contributed by atoms with Crippen LogP contribution in [0.25, 0.3) is 0 Å². The minimum Gasteiger partial charge on any atom is -0.490 e. The van der Waals surface area contributed by atoms with E-state index in [1.165, 1.54) is 0 Å². The lowest BCUT2D eigenvalue weighted by Gasteiger charge is -2.37. The molecule has 134 valence electrons. The zero-order valence-electron chi connectivity index (χ0n) is 14.3. The Labute approximate surface area is 147 Å². The highest BCUT2D eigenvalue weighted by Crippen LogP contribution is 2.32. The summed E-state index contributed by atoms with van der Waals surface area (Å²) in [7, 11) is -1.55. The Morgan fingerprint density at radius 2 is 2.16 bits per heavy atom. The van der Waals surface area contributed by atoms with Crippen LogP contribution in [0.5, 0.6) is 5.75 Å². The molecule has 0 spiro atoms. The van der Waals surface area contributed by atoms with Crippen LogP contribution in [-0.4, -0.2) is 60.4 Å². The maximum atomic E-state index is 13.1. The summed E-state index contributed by atoms with van der Waals surface area (Å²) < 4.78 is 33.5. The number of hydrogen-bond donors (Lipinski definition) is 1. The third-order valence-corrected chi connectivity index (χ3v) is 6.81. The molecule has 0 radical (unpaired) electrons. The SMILES string of the molecule is CC1Cc2cc(S(=O)(=O)N3CCN(C)C(c4ncc[nH]4)C3)ccc2O1. The fraction of sp³-hybridized carbons (Fsp3) is 0.471. The lowest BCUT2D eigenvalue weighted by molar-refractivity contribution is 0.142. The molecule has 0 amide bonds. The van der Waals surface area contributed by atoms with Crippen molar-refractivity contribution in [3.63, 3.8) is 0 Å². The minimum atomic E-state index is -3.54. The molecule has 1 fully saturated rings. The van der Waals surface area contributed by atoms with E-state index in [4.69, 9.17) is 4.74 Å². The highest BCUT2D eigenvalue weighted by Gasteiger charge is 2.35. The molecule has 2 atom stereocenters. The van der Waals surface area contributed by atoms with Crippen molar-refractivity contribution >= 4 is 10.0 Å². The van der Waals surface area contributed by atoms with E-state index in [0.717, 1.165) is 23.6 Å². The van der Waals surface area contributed by atoms with Crippen molar-refractivity contribution < 1.29 is 13.2 Å². The zero-order chi connectivity index (χ0) is 17.6. The monoisotopic (exact) mass is 362 g/mol. The van der Waals surface area contributed by atoms with Crippen LogP contribution in [0, 0.1) is 0 Å². The summed E-state index contributed by atoms with van der Waals surface area (Å²) in [6.07, 6.45) is 4.30. The van der Waals surface area contributed by atoms with Crippen LogP contribution in [-0.2, 0) is 16.4 Å². The number of aromatic amines is 1. The molecule has 1 aromatic carbocycles. The van der Waals surface area contributed by atoms with Gasteiger partial charge in [0, 0.05) is 38.4 Å². The molecule has 8 heteroatoms. The Morgan fingerprint density at radius 1 is 1.32 bits per heavy atom. The van der Waals surface area contributed by atoms with E-state index in [-0.39, 0.29) is 12.1 Å². The second-order valence-electron chi connectivity index (χ2n) is 6.74. The van der Waals surface area contributed by atoms with E-state index in [0.29, 0.717) is 24.5 Å². The van der Waals surface area contributed by atoms with Crippen LogP contribution in [0.4, 0.5) is 0 Å². The van der Waals surface area contributed by atoms with Gasteiger partial charge in [0.25, 0.3) is 0 Å². The molecule has 25 heavy (non-hydrogen) atoms. The molecular weight excluding hydrogens is 340 g/mol. The fourth-order valence-electron chi connectivity index (χ4n) is 3.53. The number of H-pyrrole nitrogens is 1. The highest BCUT2D eigenvalue weighted by atomic mass is 32.2. The number of benzene rings is 1. The average Bonchev–Trinajstić information content (AvgIpc) is 3.22. The summed E-state index contributed by atoms with van der Waals surface area (Å²) >= 11 is 0. The normalized spacial score (nSPS) is 24.9. The first-order chi connectivity index (χ1) is 11.9. The van der Waals surface area contributed by atoms with Crippen molar-refractivity contribution in [1.82, 2.24) is 19.2 Å². The van der Waals surface area contributed by atoms with Gasteiger partial charge in [0.1, 0.15) is 17.7 Å². The maximum absolute atomic E-state index is 13.1. The van der Waals surface area contributed by atoms with Crippen molar-refractivity contribution in [2.24, 2.45) is 0 Å². The number of nitrogens with one attached hydrogen (secondary N) is 1. The van der Waals surface area contributed by atoms with Crippen LogP contribution >= 0.6 is 0 Å². The first-order valence-electron chi connectivity index (χ1n) is 8.44. The van der Waals surface area contributed by atoms with E-state index in [2.05, 4.69) is 14.9 Å². The highest BCUT2D eigenvalue weighted by molar-refractivity contribution is 7.89. The predicted molar refractivity (Wildman–Crippen MR) is 93.0 cm³/mol. The molecule has 7 nitrogen and oxygen atoms in total. The second kappa shape index (κ2) is 6.12. The number of fused-ring (bicyclic) bond motifs is 1. The summed E-state index contributed by atoms with van der Waals surface area (Å²) in [5.41, 5.74) is 0.963. The van der Waals surface area contributed by atoms with Gasteiger partial charge in [0.2, 0.25) is 10.0 Å². The molecule has 2 aliphatic rings. The van der Waals surface area contributed by atoms with Gasteiger partial charge in [-0.25, -0.2) is 13.4 Å². The van der Waals surface area contributed by atoms with Gasteiger partial charge in [-0.1, -0.05) is 0 Å². The Morgan fingerprint density at radius 3 is 2.92 bits per heavy atom. The van der Waals surface area contributed by atoms with E-state index in [1.54, 1.807) is 34.9 Å². The Balaban J connectivity index is 1.61. The molecule has 1 N–H and O–H groups in total. The number of ether oxygens (including phenoxy) is 1. The molecule has 4 rings (SSSR count). The second-order valence-corrected chi connectivity index (χ2v) is 8.67. The zero-order valence-corrected chi connectivity index (χ0v) is 15.2. The average molecular weight is 362 g/mol. The first-order valence-corrected chi connectivity index (χ1v) is 9.88. The van der Waals surface area contributed by atoms with Gasteiger partial charge in [-0.2, -0.15) is 4.31 Å². The van der Waals surface area contributed by atoms with Crippen LogP contribution in [0.15, 0.2) is 35.5 Å². The van der Waals surface area contributed by atoms with Gasteiger partial charge < -0.3 is 9.72 Å². The smallest absolute Gasteiger partial charge is 0.243 e. The lowest BCUT2D eigenvalue weighted by atomic mass is 10.1. The first kappa shape index (κ1) is 16.6. The van der Waals surface area contributed by atoms with Gasteiger partial charge in [0.15, 0.2) is 0 Å². The van der Waals surface area contributed by atoms with Crippen molar-refractivity contribution in [2.75, 3.05) is 26.7 Å². The van der Waals surface area contributed by atoms with Crippen LogP contribution in [0.1, 0.15) is 24.4 Å². The van der Waals surface area contributed by atoms with Crippen LogP contribution in [0.3, 0.4) is 0 Å². The minimum absolute atomic E-state index is 0.0729. The molecule has 3 heterocycles. The van der Waals surface area contributed by atoms with Gasteiger partial charge in [-0.05, 0) is 37.7 Å². The fourth-order valence-corrected chi connectivity index (χ4v) is 5.02. The largest absolute Gasteiger partial charge is 0.490 e. The molecule has 2 aliphatic heterocycles. The van der Waals surface area contributed by atoms with Crippen molar-refractivity contribution in [3.05, 3.63) is 42.0 Å². The van der Waals surface area contributed by atoms with E-state index in [1.807, 2.05) is 14.0 Å². The number of piperazine rings is 1. The molecular formula is C17H22N4O3S. The summed E-state index contributed by atoms with van der Waals surface area (Å²) in [5.74, 6) is 1.58. The van der Waals surface area contributed by atoms with Crippen LogP contribution in [0.2, 0.25) is 0 Å². The number of sulfonamides is 1. The molecule has 2 unspecified atom stereocenters. The number of hydrogen-bond acceptors (Lipinski definition) is 5. The summed E-state index contributed by atoms with van der Waals surface area (Å²) in [5, 5.41) is 0. The van der Waals surface area contributed by atoms with Crippen molar-refractivity contribution in [1.29, 1.82) is 0 Å². The molecule has 0 bridgehead atoms. The molecule has 2 aromatic rings. The predicted octanol–water partition coefficient (Wildman–Crippen LogP) is 1.41. The van der Waals surface area contributed by atoms with Gasteiger partial charge in [-0.3, -0.25) is 4.90 Å². The quantitative estimate of drug-likeness (QED) is 0.893. The summed E-state index contributed by atoms with van der Waals surface area (Å²) in [6.45, 7) is 3.51. The van der Waals surface area contributed by atoms with Gasteiger partial charge in [-0.15, -0.1) is 0 Å². The standard InChI is InChI=1S/C17H22N4O3S/c1-12-9-13-10-14(3-4-16(13)24-12)25(22,23)21-8-7-20(2)15(11-21)17-18-5-6-19-17/h3-6,10,12,15H,7-9,11H2,1-2H3,(H,18,19). The van der Waals surface area contributed by atoms with Crippen molar-refractivity contribution in [2.45, 2.75) is 30.4 Å². The lowest BCUT2D eigenvalue weighted by Crippen LogP contribution is -2.49. The van der Waals surface area contributed by atoms with E-state index >= 15 is 0 Å². The number of imidazole rings is 1. The third-order valence-electron chi connectivity index (χ3n) is 4.95. The van der Waals surface area contributed by atoms with Crippen LogP contribution < -0.4 is 4.74 Å². The number of nitrogens with zero attached hydrogens (tertiary/aromatic N) is 3. The summed E-state index contributed by atoms with van der Waals surface area (Å²) in [4.78, 5) is 9.86. The van der Waals surface area contributed by atoms with Gasteiger partial charge in [0.05, 0.1) is 10.9 Å². The topological polar surface area (TPSA) is 78.5 Å². The molecule has 0 aliphatic carbocycles. The van der Waals surface area contributed by atoms with Gasteiger partial charge >= 0.3 is 0 Å².